The molecule has 0 aliphatic carbocycles. The second kappa shape index (κ2) is 8.09. The van der Waals surface area contributed by atoms with Gasteiger partial charge in [0, 0.05) is 12.1 Å². The van der Waals surface area contributed by atoms with Crippen molar-refractivity contribution in [3.05, 3.63) is 109 Å². The molecule has 144 valence electrons. The van der Waals surface area contributed by atoms with Gasteiger partial charge >= 0.3 is 17.1 Å². The van der Waals surface area contributed by atoms with Crippen LogP contribution in [0.25, 0.3) is 21.5 Å². The lowest BCUT2D eigenvalue weighted by molar-refractivity contribution is -0.441. The van der Waals surface area contributed by atoms with Crippen LogP contribution in [0.4, 0.5) is 17.1 Å². The number of para-hydroxylation sites is 1. The van der Waals surface area contributed by atoms with Crippen LogP contribution in [0.3, 0.4) is 0 Å². The number of benzene rings is 4. The minimum Gasteiger partial charge on any atom is -0.258 e. The van der Waals surface area contributed by atoms with Crippen LogP contribution in [0.5, 0.6) is 0 Å². The smallest absolute Gasteiger partial charge is 0.258 e. The minimum atomic E-state index is -1.14. The van der Waals surface area contributed by atoms with Crippen LogP contribution >= 0.6 is 0 Å². The number of nitrogens with zero attached hydrogens (tertiary/aromatic N) is 3. The van der Waals surface area contributed by atoms with Crippen molar-refractivity contribution >= 4 is 38.6 Å². The highest BCUT2D eigenvalue weighted by molar-refractivity contribution is 5.98. The van der Waals surface area contributed by atoms with Crippen molar-refractivity contribution in [2.24, 2.45) is 0 Å². The molecule has 0 atom stereocenters. The van der Waals surface area contributed by atoms with E-state index < -0.39 is 31.8 Å². The van der Waals surface area contributed by atoms with Gasteiger partial charge in [0.25, 0.3) is 0 Å². The number of fused-ring (bicyclic) bond motifs is 2. The van der Waals surface area contributed by atoms with Crippen LogP contribution in [-0.2, 0) is 0 Å². The van der Waals surface area contributed by atoms with Crippen molar-refractivity contribution in [3.8, 4) is 0 Å². The maximum absolute atomic E-state index is 10.4. The topological polar surface area (TPSA) is 129 Å². The summed E-state index contributed by atoms with van der Waals surface area (Å²) in [6.07, 6.45) is 0. The summed E-state index contributed by atoms with van der Waals surface area (Å²) >= 11 is 0. The maximum Gasteiger partial charge on any atom is 0.422 e. The third-order valence-electron chi connectivity index (χ3n) is 4.18. The molecule has 0 unspecified atom stereocenters. The zero-order valence-electron chi connectivity index (χ0n) is 14.8. The van der Waals surface area contributed by atoms with Crippen molar-refractivity contribution < 1.29 is 14.8 Å². The Kier molecular flexibility index (Phi) is 5.40. The summed E-state index contributed by atoms with van der Waals surface area (Å²) in [5, 5.41) is 36.5. The van der Waals surface area contributed by atoms with Crippen LogP contribution in [0.1, 0.15) is 0 Å². The van der Waals surface area contributed by atoms with Crippen LogP contribution in [0.15, 0.2) is 78.9 Å². The molecule has 0 heterocycles. The normalized spacial score (nSPS) is 10.2. The predicted octanol–water partition coefficient (Wildman–Crippen LogP) is 5.40. The van der Waals surface area contributed by atoms with Gasteiger partial charge in [0.2, 0.25) is 0 Å². The Hall–Kier alpha value is -4.40. The standard InChI is InChI=1S/C14H10.C6H3N3O6/c1-2-6-12-10-14-8-4-3-7-13(14)9-11(12)5-1;10-7(11)4-2-1-3-5(8(12)13)6(4)9(14)15/h1-10H;1-3H. The van der Waals surface area contributed by atoms with Crippen molar-refractivity contribution in [2.45, 2.75) is 0 Å². The molecular weight excluding hydrogens is 378 g/mol. The Balaban J connectivity index is 0.000000166. The Morgan fingerprint density at radius 2 is 0.828 bits per heavy atom. The lowest BCUT2D eigenvalue weighted by atomic mass is 10.0. The van der Waals surface area contributed by atoms with Crippen LogP contribution in [-0.4, -0.2) is 14.8 Å². The van der Waals surface area contributed by atoms with Crippen molar-refractivity contribution in [1.82, 2.24) is 0 Å². The Morgan fingerprint density at radius 1 is 0.483 bits per heavy atom. The first-order valence-corrected chi connectivity index (χ1v) is 8.32. The minimum absolute atomic E-state index is 0.838. The van der Waals surface area contributed by atoms with Gasteiger partial charge in [-0.25, -0.2) is 0 Å². The van der Waals surface area contributed by atoms with E-state index in [-0.39, 0.29) is 0 Å². The summed E-state index contributed by atoms with van der Waals surface area (Å²) in [4.78, 5) is 28.0. The van der Waals surface area contributed by atoms with E-state index in [2.05, 4.69) is 60.7 Å². The number of rotatable bonds is 3. The number of hydrogen-bond acceptors (Lipinski definition) is 6. The first-order chi connectivity index (χ1) is 13.9. The number of hydrogen-bond donors (Lipinski definition) is 0. The van der Waals surface area contributed by atoms with Crippen LogP contribution < -0.4 is 0 Å². The van der Waals surface area contributed by atoms with E-state index in [0.29, 0.717) is 0 Å². The van der Waals surface area contributed by atoms with Gasteiger partial charge < -0.3 is 0 Å². The fourth-order valence-corrected chi connectivity index (χ4v) is 2.88. The molecule has 9 heteroatoms. The molecule has 0 bridgehead atoms. The van der Waals surface area contributed by atoms with E-state index in [1.807, 2.05) is 0 Å². The van der Waals surface area contributed by atoms with Gasteiger partial charge in [-0.1, -0.05) is 48.5 Å². The molecule has 4 aromatic carbocycles. The van der Waals surface area contributed by atoms with Crippen molar-refractivity contribution in [3.63, 3.8) is 0 Å². The molecule has 0 radical (unpaired) electrons. The molecule has 0 N–H and O–H groups in total. The zero-order chi connectivity index (χ0) is 21.0. The molecule has 0 saturated carbocycles. The second-order valence-electron chi connectivity index (χ2n) is 5.96. The third-order valence-corrected chi connectivity index (χ3v) is 4.18. The maximum atomic E-state index is 10.4. The van der Waals surface area contributed by atoms with Crippen LogP contribution in [0, 0.1) is 30.3 Å². The lowest BCUT2D eigenvalue weighted by Gasteiger charge is -2.00. The van der Waals surface area contributed by atoms with Crippen molar-refractivity contribution in [2.75, 3.05) is 0 Å². The quantitative estimate of drug-likeness (QED) is 0.261. The largest absolute Gasteiger partial charge is 0.422 e. The average Bonchev–Trinajstić information content (AvgIpc) is 2.71. The summed E-state index contributed by atoms with van der Waals surface area (Å²) in [5.74, 6) is 0. The van der Waals surface area contributed by atoms with Crippen molar-refractivity contribution in [1.29, 1.82) is 0 Å². The Morgan fingerprint density at radius 3 is 1.10 bits per heavy atom. The second-order valence-corrected chi connectivity index (χ2v) is 5.96. The molecule has 0 amide bonds. The van der Waals surface area contributed by atoms with E-state index in [1.165, 1.54) is 21.5 Å². The Labute approximate surface area is 163 Å². The zero-order valence-corrected chi connectivity index (χ0v) is 14.8. The van der Waals surface area contributed by atoms with Gasteiger partial charge in [0.1, 0.15) is 0 Å². The lowest BCUT2D eigenvalue weighted by Crippen LogP contribution is -2.00. The third kappa shape index (κ3) is 4.14. The van der Waals surface area contributed by atoms with Gasteiger partial charge in [-0.15, -0.1) is 0 Å². The van der Waals surface area contributed by atoms with Gasteiger partial charge in [-0.2, -0.15) is 0 Å². The molecule has 0 aromatic heterocycles. The molecule has 0 aliphatic rings. The highest BCUT2D eigenvalue weighted by Gasteiger charge is 2.34. The number of nitro groups is 3. The Bertz CT molecular complexity index is 1120. The predicted molar refractivity (Wildman–Crippen MR) is 108 cm³/mol. The summed E-state index contributed by atoms with van der Waals surface area (Å²) in [7, 11) is 0. The fourth-order valence-electron chi connectivity index (χ4n) is 2.88. The van der Waals surface area contributed by atoms with E-state index in [0.717, 1.165) is 18.2 Å². The molecule has 9 nitrogen and oxygen atoms in total. The van der Waals surface area contributed by atoms with Gasteiger partial charge in [0.15, 0.2) is 0 Å². The number of nitro benzene ring substituents is 3. The van der Waals surface area contributed by atoms with E-state index >= 15 is 0 Å². The highest BCUT2D eigenvalue weighted by Crippen LogP contribution is 2.35. The molecule has 0 fully saturated rings. The molecule has 0 saturated heterocycles. The molecule has 0 spiro atoms. The summed E-state index contributed by atoms with van der Waals surface area (Å²) in [5.41, 5.74) is -2.89. The molecule has 4 aromatic rings. The van der Waals surface area contributed by atoms with Gasteiger partial charge in [-0.05, 0) is 39.7 Å². The van der Waals surface area contributed by atoms with Gasteiger partial charge in [-0.3, -0.25) is 30.3 Å². The molecule has 29 heavy (non-hydrogen) atoms. The summed E-state index contributed by atoms with van der Waals surface area (Å²) in [6.45, 7) is 0. The first-order valence-electron chi connectivity index (χ1n) is 8.32. The van der Waals surface area contributed by atoms with E-state index in [1.54, 1.807) is 0 Å². The van der Waals surface area contributed by atoms with E-state index in [4.69, 9.17) is 0 Å². The summed E-state index contributed by atoms with van der Waals surface area (Å²) in [6, 6.07) is 24.1. The SMILES string of the molecule is O=[N+]([O-])c1cccc([N+](=O)[O-])c1[N+](=O)[O-].c1ccc2cc3ccccc3cc2c1. The monoisotopic (exact) mass is 391 g/mol. The highest BCUT2D eigenvalue weighted by atomic mass is 16.6. The first kappa shape index (κ1) is 19.4. The van der Waals surface area contributed by atoms with E-state index in [9.17, 15) is 30.3 Å². The van der Waals surface area contributed by atoms with Crippen LogP contribution in [0.2, 0.25) is 0 Å². The fraction of sp³-hybridized carbons (Fsp3) is 0. The molecule has 0 aliphatic heterocycles. The molecular formula is C20H13N3O6. The van der Waals surface area contributed by atoms with Gasteiger partial charge in [0.05, 0.1) is 14.8 Å². The molecule has 4 rings (SSSR count). The average molecular weight is 391 g/mol. The summed E-state index contributed by atoms with van der Waals surface area (Å²) < 4.78 is 0.